The molecule has 0 aromatic heterocycles. The van der Waals surface area contributed by atoms with Gasteiger partial charge in [0, 0.05) is 17.3 Å². The lowest BCUT2D eigenvalue weighted by Crippen LogP contribution is -2.46. The van der Waals surface area contributed by atoms with E-state index in [1.807, 2.05) is 0 Å². The van der Waals surface area contributed by atoms with Gasteiger partial charge in [-0.25, -0.2) is 0 Å². The molecule has 0 bridgehead atoms. The third kappa shape index (κ3) is 3.94. The summed E-state index contributed by atoms with van der Waals surface area (Å²) in [5, 5.41) is 9.45. The van der Waals surface area contributed by atoms with Gasteiger partial charge in [0.05, 0.1) is 5.41 Å². The molecule has 0 saturated carbocycles. The van der Waals surface area contributed by atoms with Crippen molar-refractivity contribution in [3.63, 3.8) is 0 Å². The molecule has 0 aliphatic heterocycles. The zero-order valence-corrected chi connectivity index (χ0v) is 11.6. The molecule has 19 heavy (non-hydrogen) atoms. The van der Waals surface area contributed by atoms with Crippen molar-refractivity contribution >= 4 is 29.2 Å². The van der Waals surface area contributed by atoms with Gasteiger partial charge in [0.1, 0.15) is 6.54 Å². The normalized spacial score (nSPS) is 11.2. The fourth-order valence-electron chi connectivity index (χ4n) is 1.49. The lowest BCUT2D eigenvalue weighted by atomic mass is 9.91. The smallest absolute Gasteiger partial charge is 0.323 e. The lowest BCUT2D eigenvalue weighted by molar-refractivity contribution is -0.137. The maximum Gasteiger partial charge on any atom is 0.323 e. The number of carbonyl (C=O) groups is 2. The van der Waals surface area contributed by atoms with Crippen molar-refractivity contribution in [2.24, 2.45) is 11.1 Å². The van der Waals surface area contributed by atoms with Crippen LogP contribution in [0.1, 0.15) is 13.8 Å². The summed E-state index contributed by atoms with van der Waals surface area (Å²) in [5.74, 6) is -1.42. The number of amides is 1. The van der Waals surface area contributed by atoms with Crippen LogP contribution in [0.3, 0.4) is 0 Å². The van der Waals surface area contributed by atoms with E-state index in [1.54, 1.807) is 38.1 Å². The van der Waals surface area contributed by atoms with Gasteiger partial charge in [0.2, 0.25) is 5.91 Å². The Labute approximate surface area is 117 Å². The van der Waals surface area contributed by atoms with Crippen LogP contribution in [0.2, 0.25) is 5.02 Å². The standard InChI is InChI=1S/C13H17ClN2O3/c1-13(2,8-15)12(19)16(7-11(17)18)10-5-3-9(14)4-6-10/h3-6H,7-8,15H2,1-2H3,(H,17,18). The van der Waals surface area contributed by atoms with E-state index >= 15 is 0 Å². The summed E-state index contributed by atoms with van der Waals surface area (Å²) in [7, 11) is 0. The van der Waals surface area contributed by atoms with E-state index < -0.39 is 17.9 Å². The highest BCUT2D eigenvalue weighted by Gasteiger charge is 2.32. The van der Waals surface area contributed by atoms with Gasteiger partial charge in [0.25, 0.3) is 0 Å². The Kier molecular flexibility index (Phi) is 4.91. The molecule has 1 rings (SSSR count). The molecule has 0 fully saturated rings. The largest absolute Gasteiger partial charge is 0.480 e. The molecule has 5 nitrogen and oxygen atoms in total. The van der Waals surface area contributed by atoms with Crippen LogP contribution < -0.4 is 10.6 Å². The average molecular weight is 285 g/mol. The Hall–Kier alpha value is -1.59. The van der Waals surface area contributed by atoms with Gasteiger partial charge < -0.3 is 15.7 Å². The highest BCUT2D eigenvalue weighted by atomic mass is 35.5. The number of carboxylic acid groups (broad SMARTS) is 1. The molecule has 0 unspecified atom stereocenters. The van der Waals surface area contributed by atoms with Gasteiger partial charge in [-0.2, -0.15) is 0 Å². The highest BCUT2D eigenvalue weighted by molar-refractivity contribution is 6.30. The number of carboxylic acids is 1. The van der Waals surface area contributed by atoms with Crippen molar-refractivity contribution in [3.8, 4) is 0 Å². The van der Waals surface area contributed by atoms with Crippen molar-refractivity contribution in [2.45, 2.75) is 13.8 Å². The van der Waals surface area contributed by atoms with Crippen LogP contribution in [0.5, 0.6) is 0 Å². The average Bonchev–Trinajstić information content (AvgIpc) is 2.36. The van der Waals surface area contributed by atoms with Gasteiger partial charge in [0.15, 0.2) is 0 Å². The third-order valence-corrected chi connectivity index (χ3v) is 3.02. The van der Waals surface area contributed by atoms with E-state index in [4.69, 9.17) is 22.4 Å². The van der Waals surface area contributed by atoms with Crippen LogP contribution in [-0.2, 0) is 9.59 Å². The van der Waals surface area contributed by atoms with Crippen LogP contribution in [0, 0.1) is 5.41 Å². The maximum absolute atomic E-state index is 12.4. The number of halogens is 1. The molecule has 1 aromatic carbocycles. The summed E-state index contributed by atoms with van der Waals surface area (Å²) < 4.78 is 0. The number of benzene rings is 1. The predicted octanol–water partition coefficient (Wildman–Crippen LogP) is 1.74. The molecule has 0 radical (unpaired) electrons. The van der Waals surface area contributed by atoms with Crippen molar-refractivity contribution in [1.82, 2.24) is 0 Å². The summed E-state index contributed by atoms with van der Waals surface area (Å²) in [6.07, 6.45) is 0. The second kappa shape index (κ2) is 6.04. The first-order valence-electron chi connectivity index (χ1n) is 5.77. The topological polar surface area (TPSA) is 83.6 Å². The molecule has 0 atom stereocenters. The summed E-state index contributed by atoms with van der Waals surface area (Å²) in [6, 6.07) is 6.43. The predicted molar refractivity (Wildman–Crippen MR) is 74.3 cm³/mol. The molecule has 0 heterocycles. The molecule has 3 N–H and O–H groups in total. The number of anilines is 1. The molecular weight excluding hydrogens is 268 g/mol. The summed E-state index contributed by atoms with van der Waals surface area (Å²) >= 11 is 5.78. The Balaban J connectivity index is 3.11. The van der Waals surface area contributed by atoms with Crippen molar-refractivity contribution in [1.29, 1.82) is 0 Å². The van der Waals surface area contributed by atoms with Crippen LogP contribution in [-0.4, -0.2) is 30.1 Å². The van der Waals surface area contributed by atoms with E-state index in [0.717, 1.165) is 0 Å². The van der Waals surface area contributed by atoms with Crippen LogP contribution >= 0.6 is 11.6 Å². The second-order valence-corrected chi connectivity index (χ2v) is 5.29. The van der Waals surface area contributed by atoms with Crippen LogP contribution in [0.4, 0.5) is 5.69 Å². The molecule has 1 aromatic rings. The van der Waals surface area contributed by atoms with Crippen LogP contribution in [0.25, 0.3) is 0 Å². The number of aliphatic carboxylic acids is 1. The quantitative estimate of drug-likeness (QED) is 0.863. The third-order valence-electron chi connectivity index (χ3n) is 2.77. The molecule has 104 valence electrons. The molecule has 0 saturated heterocycles. The minimum absolute atomic E-state index is 0.134. The van der Waals surface area contributed by atoms with E-state index in [0.29, 0.717) is 10.7 Å². The highest BCUT2D eigenvalue weighted by Crippen LogP contribution is 2.24. The molecule has 6 heteroatoms. The van der Waals surface area contributed by atoms with Gasteiger partial charge in [-0.05, 0) is 38.1 Å². The Bertz CT molecular complexity index is 471. The molecular formula is C13H17ClN2O3. The second-order valence-electron chi connectivity index (χ2n) is 4.85. The first kappa shape index (κ1) is 15.5. The number of nitrogens with zero attached hydrogens (tertiary/aromatic N) is 1. The van der Waals surface area contributed by atoms with Crippen LogP contribution in [0.15, 0.2) is 24.3 Å². The first-order chi connectivity index (χ1) is 8.77. The van der Waals surface area contributed by atoms with Gasteiger partial charge in [-0.3, -0.25) is 9.59 Å². The molecule has 0 aliphatic rings. The van der Waals surface area contributed by atoms with Crippen molar-refractivity contribution < 1.29 is 14.7 Å². The van der Waals surface area contributed by atoms with E-state index in [2.05, 4.69) is 0 Å². The Morgan fingerprint density at radius 2 is 1.84 bits per heavy atom. The minimum Gasteiger partial charge on any atom is -0.480 e. The Morgan fingerprint density at radius 1 is 1.32 bits per heavy atom. The SMILES string of the molecule is CC(C)(CN)C(=O)N(CC(=O)O)c1ccc(Cl)cc1. The first-order valence-corrected chi connectivity index (χ1v) is 6.15. The van der Waals surface area contributed by atoms with Gasteiger partial charge in [-0.1, -0.05) is 11.6 Å². The summed E-state index contributed by atoms with van der Waals surface area (Å²) in [6.45, 7) is 3.08. The monoisotopic (exact) mass is 284 g/mol. The molecule has 1 amide bonds. The number of hydrogen-bond acceptors (Lipinski definition) is 3. The van der Waals surface area contributed by atoms with Gasteiger partial charge >= 0.3 is 5.97 Å². The minimum atomic E-state index is -1.09. The van der Waals surface area contributed by atoms with E-state index in [-0.39, 0.29) is 12.5 Å². The lowest BCUT2D eigenvalue weighted by Gasteiger charge is -2.30. The number of nitrogens with two attached hydrogens (primary N) is 1. The van der Waals surface area contributed by atoms with Crippen molar-refractivity contribution in [2.75, 3.05) is 18.0 Å². The molecule has 0 aliphatic carbocycles. The number of carbonyl (C=O) groups excluding carboxylic acids is 1. The van der Waals surface area contributed by atoms with E-state index in [1.165, 1.54) is 4.90 Å². The van der Waals surface area contributed by atoms with Gasteiger partial charge in [-0.15, -0.1) is 0 Å². The summed E-state index contributed by atoms with van der Waals surface area (Å²) in [5.41, 5.74) is 5.22. The maximum atomic E-state index is 12.4. The fraction of sp³-hybridized carbons (Fsp3) is 0.385. The zero-order chi connectivity index (χ0) is 14.6. The summed E-state index contributed by atoms with van der Waals surface area (Å²) in [4.78, 5) is 24.5. The fourth-order valence-corrected chi connectivity index (χ4v) is 1.62. The molecule has 0 spiro atoms. The number of hydrogen-bond donors (Lipinski definition) is 2. The Morgan fingerprint density at radius 3 is 2.26 bits per heavy atom. The number of rotatable bonds is 5. The zero-order valence-electron chi connectivity index (χ0n) is 10.9. The van der Waals surface area contributed by atoms with Crippen molar-refractivity contribution in [3.05, 3.63) is 29.3 Å². The van der Waals surface area contributed by atoms with E-state index in [9.17, 15) is 9.59 Å².